The van der Waals surface area contributed by atoms with Crippen LogP contribution in [0.5, 0.6) is 0 Å². The minimum atomic E-state index is 0. The molecule has 0 aromatic heterocycles. The van der Waals surface area contributed by atoms with Crippen LogP contribution in [-0.2, 0) is 17.1 Å². The summed E-state index contributed by atoms with van der Waals surface area (Å²) in [4.78, 5) is 0. The molecule has 0 saturated heterocycles. The smallest absolute Gasteiger partial charge is 0.443 e. The van der Waals surface area contributed by atoms with Crippen LogP contribution in [0.2, 0.25) is 0 Å². The minimum absolute atomic E-state index is 0. The summed E-state index contributed by atoms with van der Waals surface area (Å²) >= 11 is 0. The van der Waals surface area contributed by atoms with Gasteiger partial charge in [-0.2, -0.15) is 5.26 Å². The van der Waals surface area contributed by atoms with Crippen LogP contribution in [0, 0.1) is 11.5 Å². The van der Waals surface area contributed by atoms with Crippen molar-refractivity contribution in [1.82, 2.24) is 0 Å². The quantitative estimate of drug-likeness (QED) is 0.345. The van der Waals surface area contributed by atoms with E-state index in [1.807, 2.05) is 0 Å². The van der Waals surface area contributed by atoms with Crippen LogP contribution in [0.4, 0.5) is 0 Å². The first-order chi connectivity index (χ1) is 1.41. The molecule has 0 atom stereocenters. The fourth-order valence-corrected chi connectivity index (χ4v) is 0. The van der Waals surface area contributed by atoms with Crippen LogP contribution in [-0.4, -0.2) is 5.11 Å². The third-order valence-corrected chi connectivity index (χ3v) is 0. The van der Waals surface area contributed by atoms with Gasteiger partial charge in [-0.1, -0.05) is 0 Å². The largest absolute Gasteiger partial charge is 1.00 e. The van der Waals surface area contributed by atoms with E-state index in [9.17, 15) is 0 Å². The maximum absolute atomic E-state index is 6.88. The van der Waals surface area contributed by atoms with Gasteiger partial charge in [-0.25, -0.2) is 0 Å². The molecule has 3 heteroatoms. The Hall–Kier alpha value is -0.191. The summed E-state index contributed by atoms with van der Waals surface area (Å²) in [5, 5.41) is 13.8. The van der Waals surface area contributed by atoms with Crippen LogP contribution in [0.15, 0.2) is 0 Å². The average molecular weight is 107 g/mol. The zero-order chi connectivity index (χ0) is 2.71. The van der Waals surface area contributed by atoms with E-state index < -0.39 is 0 Å². The minimum Gasteiger partial charge on any atom is -0.443 e. The van der Waals surface area contributed by atoms with Gasteiger partial charge in [-0.15, -0.1) is 0 Å². The Morgan fingerprint density at radius 2 is 1.75 bits per heavy atom. The van der Waals surface area contributed by atoms with Gasteiger partial charge in [-0.05, 0) is 0 Å². The Labute approximate surface area is 34.5 Å². The number of aliphatic hydroxyl groups is 1. The van der Waals surface area contributed by atoms with Crippen LogP contribution >= 0.6 is 0 Å². The molecule has 0 amide bonds. The fourth-order valence-electron chi connectivity index (χ4n) is 0. The number of aliphatic hydroxyl groups excluding tert-OH is 1. The van der Waals surface area contributed by atoms with Gasteiger partial charge in [0.15, 0.2) is 0 Å². The normalized spacial score (nSPS) is 1.75. The molecule has 4 heavy (non-hydrogen) atoms. The molecule has 0 aromatic rings. The number of hydrogen-bond acceptors (Lipinski definition) is 2. The van der Waals surface area contributed by atoms with Gasteiger partial charge in [0.1, 0.15) is 0 Å². The van der Waals surface area contributed by atoms with Crippen LogP contribution in [0.1, 0.15) is 0 Å². The third-order valence-electron chi connectivity index (χ3n) is 0. The summed E-state index contributed by atoms with van der Waals surface area (Å²) in [7, 11) is 0. The number of nitrogens with zero attached hydrogens (tertiary/aromatic N) is 1. The summed E-state index contributed by atoms with van der Waals surface area (Å²) in [6.07, 6.45) is 0.750. The molecule has 0 spiro atoms. The Kier molecular flexibility index (Phi) is 32.2. The van der Waals surface area contributed by atoms with Crippen LogP contribution < -0.4 is 0 Å². The van der Waals surface area contributed by atoms with Gasteiger partial charge in [0.05, 0.1) is 0 Å². The average Bonchev–Trinajstić information content (AvgIpc) is 0.918. The van der Waals surface area contributed by atoms with Crippen molar-refractivity contribution in [1.29, 1.82) is 5.26 Å². The summed E-state index contributed by atoms with van der Waals surface area (Å²) in [5.41, 5.74) is 0. The van der Waals surface area contributed by atoms with E-state index in [-0.39, 0.29) is 17.1 Å². The molecule has 26 valence electrons. The van der Waals surface area contributed by atoms with E-state index in [2.05, 4.69) is 0 Å². The zero-order valence-corrected chi connectivity index (χ0v) is 2.64. The van der Waals surface area contributed by atoms with Crippen molar-refractivity contribution in [2.75, 3.05) is 0 Å². The molecule has 0 heterocycles. The molecule has 0 saturated carbocycles. The molecule has 0 radical (unpaired) electrons. The second-order valence-electron chi connectivity index (χ2n) is 0.100. The van der Waals surface area contributed by atoms with Crippen molar-refractivity contribution in [2.45, 2.75) is 0 Å². The van der Waals surface area contributed by atoms with Gasteiger partial charge in [0.2, 0.25) is 0 Å². The summed E-state index contributed by atoms with van der Waals surface area (Å²) < 4.78 is 0. The SMILES string of the molecule is N#CO.[Cu+]. The predicted octanol–water partition coefficient (Wildman–Crippen LogP) is -0.163. The molecule has 0 fully saturated rings. The molecule has 2 nitrogen and oxygen atoms in total. The summed E-state index contributed by atoms with van der Waals surface area (Å²) in [5.74, 6) is 0. The van der Waals surface area contributed by atoms with E-state index in [0.717, 1.165) is 6.26 Å². The molecule has 0 rings (SSSR count). The maximum Gasteiger partial charge on any atom is 1.00 e. The first-order valence-electron chi connectivity index (χ1n) is 0.447. The molecule has 0 bridgehead atoms. The van der Waals surface area contributed by atoms with E-state index in [4.69, 9.17) is 10.4 Å². The molecule has 0 aliphatic carbocycles. The maximum atomic E-state index is 6.88. The first kappa shape index (κ1) is 9.18. The Bertz CT molecular complexity index is 29.5. The standard InChI is InChI=1S/CHNO.Cu/c2-1-3;/h3H;/q;+1. The van der Waals surface area contributed by atoms with Crippen molar-refractivity contribution in [2.24, 2.45) is 0 Å². The van der Waals surface area contributed by atoms with E-state index in [1.165, 1.54) is 0 Å². The van der Waals surface area contributed by atoms with Gasteiger partial charge in [0, 0.05) is 0 Å². The monoisotopic (exact) mass is 106 g/mol. The molecule has 0 aromatic carbocycles. The van der Waals surface area contributed by atoms with Crippen molar-refractivity contribution in [3.8, 4) is 6.26 Å². The van der Waals surface area contributed by atoms with Gasteiger partial charge >= 0.3 is 17.1 Å². The van der Waals surface area contributed by atoms with Crippen molar-refractivity contribution in [3.05, 3.63) is 0 Å². The number of nitriles is 1. The Morgan fingerprint density at radius 1 is 1.75 bits per heavy atom. The Morgan fingerprint density at radius 3 is 1.75 bits per heavy atom. The van der Waals surface area contributed by atoms with Gasteiger partial charge in [0.25, 0.3) is 6.26 Å². The number of rotatable bonds is 0. The fraction of sp³-hybridized carbons (Fsp3) is 0. The zero-order valence-electron chi connectivity index (χ0n) is 1.70. The Balaban J connectivity index is 0. The van der Waals surface area contributed by atoms with Crippen LogP contribution in [0.25, 0.3) is 0 Å². The van der Waals surface area contributed by atoms with Gasteiger partial charge in [-0.3, -0.25) is 0 Å². The first-order valence-corrected chi connectivity index (χ1v) is 0.447. The molecule has 1 N–H and O–H groups in total. The van der Waals surface area contributed by atoms with Gasteiger partial charge < -0.3 is 5.11 Å². The molecule has 0 aliphatic heterocycles. The van der Waals surface area contributed by atoms with Crippen molar-refractivity contribution < 1.29 is 22.2 Å². The third kappa shape index (κ3) is 32.7. The summed E-state index contributed by atoms with van der Waals surface area (Å²) in [6, 6.07) is 0. The molecule has 0 aliphatic rings. The van der Waals surface area contributed by atoms with E-state index >= 15 is 0 Å². The second-order valence-corrected chi connectivity index (χ2v) is 0.100. The summed E-state index contributed by atoms with van der Waals surface area (Å²) in [6.45, 7) is 0. The molecule has 0 unspecified atom stereocenters. The molecular weight excluding hydrogens is 106 g/mol. The van der Waals surface area contributed by atoms with Crippen molar-refractivity contribution in [3.63, 3.8) is 0 Å². The van der Waals surface area contributed by atoms with E-state index in [1.54, 1.807) is 0 Å². The topological polar surface area (TPSA) is 44.0 Å². The predicted molar refractivity (Wildman–Crippen MR) is 7.55 cm³/mol. The number of hydrogen-bond donors (Lipinski definition) is 1. The second kappa shape index (κ2) is 14.0. The van der Waals surface area contributed by atoms with Crippen molar-refractivity contribution >= 4 is 0 Å². The van der Waals surface area contributed by atoms with E-state index in [0.29, 0.717) is 0 Å². The van der Waals surface area contributed by atoms with Crippen LogP contribution in [0.3, 0.4) is 0 Å². The molecular formula is CHCuNO+.